The average molecular weight is 567 g/mol. The summed E-state index contributed by atoms with van der Waals surface area (Å²) in [6.45, 7) is 9.55. The van der Waals surface area contributed by atoms with Gasteiger partial charge in [0.1, 0.15) is 0 Å². The largest absolute Gasteiger partial charge is 0.416 e. The number of pyridine rings is 1. The van der Waals surface area contributed by atoms with E-state index in [1.54, 1.807) is 6.07 Å². The molecule has 1 aromatic heterocycles. The zero-order chi connectivity index (χ0) is 28.0. The van der Waals surface area contributed by atoms with Crippen LogP contribution in [0.3, 0.4) is 0 Å². The van der Waals surface area contributed by atoms with E-state index < -0.39 is 19.7 Å². The maximum Gasteiger partial charge on any atom is 0.416 e. The molecule has 4 aromatic rings. The Bertz CT molecular complexity index is 1300. The second-order valence-corrected chi connectivity index (χ2v) is 15.7. The maximum absolute atomic E-state index is 13.9. The molecule has 1 heterocycles. The SMILES string of the molecule is CC(C)P(Cc1cccc(CNc2ccc(C(F)(F)F)cc2P(c2ccccc2)c2ccccc2)n1)C(C)C. The van der Waals surface area contributed by atoms with E-state index in [0.717, 1.165) is 34.2 Å². The first-order valence-corrected chi connectivity index (χ1v) is 16.2. The zero-order valence-electron chi connectivity index (χ0n) is 22.8. The Kier molecular flexibility index (Phi) is 9.81. The van der Waals surface area contributed by atoms with E-state index in [9.17, 15) is 13.2 Å². The Balaban J connectivity index is 1.70. The zero-order valence-corrected chi connectivity index (χ0v) is 24.6. The van der Waals surface area contributed by atoms with Crippen LogP contribution in [0.2, 0.25) is 0 Å². The fraction of sp³-hybridized carbons (Fsp3) is 0.281. The van der Waals surface area contributed by atoms with Gasteiger partial charge in [-0.3, -0.25) is 4.98 Å². The van der Waals surface area contributed by atoms with Crippen LogP contribution in [0.15, 0.2) is 97.1 Å². The molecule has 0 atom stereocenters. The summed E-state index contributed by atoms with van der Waals surface area (Å²) in [4.78, 5) is 4.92. The van der Waals surface area contributed by atoms with Gasteiger partial charge in [-0.1, -0.05) is 102 Å². The average Bonchev–Trinajstić information content (AvgIpc) is 2.91. The minimum Gasteiger partial charge on any atom is -0.379 e. The van der Waals surface area contributed by atoms with Gasteiger partial charge in [0.2, 0.25) is 0 Å². The molecular weight excluding hydrogens is 531 g/mol. The van der Waals surface area contributed by atoms with Crippen molar-refractivity contribution in [1.82, 2.24) is 4.98 Å². The van der Waals surface area contributed by atoms with Crippen molar-refractivity contribution in [2.45, 2.75) is 57.9 Å². The van der Waals surface area contributed by atoms with E-state index in [-0.39, 0.29) is 7.92 Å². The number of aromatic nitrogens is 1. The standard InChI is InChI=1S/C32H35F3N2P2/c1-23(2)38(24(3)4)22-27-13-11-12-26(37-27)21-36-30-19-18-25(32(33,34)35)20-31(30)39(28-14-7-5-8-15-28)29-16-9-6-10-17-29/h5-20,23-24,36H,21-22H2,1-4H3. The highest BCUT2D eigenvalue weighted by Gasteiger charge is 2.32. The molecular formula is C32H35F3N2P2. The summed E-state index contributed by atoms with van der Waals surface area (Å²) in [6, 6.07) is 29.7. The minimum absolute atomic E-state index is 0.188. The Morgan fingerprint density at radius 2 is 1.28 bits per heavy atom. The predicted molar refractivity (Wildman–Crippen MR) is 163 cm³/mol. The highest BCUT2D eigenvalue weighted by molar-refractivity contribution is 7.80. The molecule has 0 saturated carbocycles. The molecule has 0 saturated heterocycles. The molecule has 0 fully saturated rings. The summed E-state index contributed by atoms with van der Waals surface area (Å²) < 4.78 is 41.6. The molecule has 7 heteroatoms. The van der Waals surface area contributed by atoms with Crippen molar-refractivity contribution < 1.29 is 13.2 Å². The van der Waals surface area contributed by atoms with Gasteiger partial charge in [-0.2, -0.15) is 13.2 Å². The molecule has 1 N–H and O–H groups in total. The summed E-state index contributed by atoms with van der Waals surface area (Å²) >= 11 is 0. The molecule has 0 aliphatic heterocycles. The predicted octanol–water partition coefficient (Wildman–Crippen LogP) is 8.27. The van der Waals surface area contributed by atoms with Gasteiger partial charge < -0.3 is 5.32 Å². The van der Waals surface area contributed by atoms with Gasteiger partial charge in [0.15, 0.2) is 0 Å². The molecule has 0 radical (unpaired) electrons. The second kappa shape index (κ2) is 13.1. The summed E-state index contributed by atoms with van der Waals surface area (Å²) in [7, 11) is -1.41. The molecule has 4 rings (SSSR count). The Morgan fingerprint density at radius 3 is 1.82 bits per heavy atom. The van der Waals surface area contributed by atoms with Crippen LogP contribution in [0.5, 0.6) is 0 Å². The molecule has 0 aliphatic carbocycles. The van der Waals surface area contributed by atoms with E-state index >= 15 is 0 Å². The van der Waals surface area contributed by atoms with Crippen molar-refractivity contribution >= 4 is 37.4 Å². The van der Waals surface area contributed by atoms with Crippen LogP contribution < -0.4 is 21.2 Å². The second-order valence-electron chi connectivity index (χ2n) is 10.1. The Hall–Kier alpha value is -2.74. The van der Waals surface area contributed by atoms with Crippen molar-refractivity contribution in [3.63, 3.8) is 0 Å². The lowest BCUT2D eigenvalue weighted by atomic mass is 10.2. The molecule has 3 aromatic carbocycles. The highest BCUT2D eigenvalue weighted by Crippen LogP contribution is 2.48. The van der Waals surface area contributed by atoms with Crippen LogP contribution in [0, 0.1) is 0 Å². The van der Waals surface area contributed by atoms with Crippen LogP contribution in [0.25, 0.3) is 0 Å². The third-order valence-corrected chi connectivity index (χ3v) is 12.4. The van der Waals surface area contributed by atoms with Gasteiger partial charge in [0.05, 0.1) is 17.8 Å². The first kappa shape index (κ1) is 29.2. The fourth-order valence-electron chi connectivity index (χ4n) is 4.67. The third kappa shape index (κ3) is 7.68. The van der Waals surface area contributed by atoms with Crippen LogP contribution in [0.1, 0.15) is 44.6 Å². The number of hydrogen-bond donors (Lipinski definition) is 1. The van der Waals surface area contributed by atoms with Crippen LogP contribution >= 0.6 is 15.8 Å². The Morgan fingerprint density at radius 1 is 0.718 bits per heavy atom. The Labute approximate surface area is 232 Å². The van der Waals surface area contributed by atoms with Gasteiger partial charge in [0, 0.05) is 22.8 Å². The van der Waals surface area contributed by atoms with E-state index in [4.69, 9.17) is 4.98 Å². The number of hydrogen-bond acceptors (Lipinski definition) is 2. The van der Waals surface area contributed by atoms with Gasteiger partial charge in [-0.25, -0.2) is 0 Å². The van der Waals surface area contributed by atoms with Crippen LogP contribution in [-0.4, -0.2) is 16.3 Å². The normalized spacial score (nSPS) is 12.1. The van der Waals surface area contributed by atoms with Crippen molar-refractivity contribution in [3.05, 3.63) is 114 Å². The summed E-state index contributed by atoms with van der Waals surface area (Å²) in [5, 5.41) is 6.09. The quantitative estimate of drug-likeness (QED) is 0.196. The van der Waals surface area contributed by atoms with E-state index in [2.05, 4.69) is 39.1 Å². The molecule has 204 valence electrons. The molecule has 39 heavy (non-hydrogen) atoms. The minimum atomic E-state index is -4.43. The monoisotopic (exact) mass is 566 g/mol. The number of nitrogens with zero attached hydrogens (tertiary/aromatic N) is 1. The smallest absolute Gasteiger partial charge is 0.379 e. The molecule has 0 unspecified atom stereocenters. The molecule has 2 nitrogen and oxygen atoms in total. The number of alkyl halides is 3. The van der Waals surface area contributed by atoms with Gasteiger partial charge in [-0.05, 0) is 60.2 Å². The summed E-state index contributed by atoms with van der Waals surface area (Å²) in [5.41, 5.74) is 3.25. The van der Waals surface area contributed by atoms with E-state index in [1.165, 1.54) is 6.07 Å². The number of benzene rings is 3. The highest BCUT2D eigenvalue weighted by atomic mass is 31.1. The number of anilines is 1. The molecule has 0 bridgehead atoms. The van der Waals surface area contributed by atoms with E-state index in [0.29, 0.717) is 28.9 Å². The first-order chi connectivity index (χ1) is 18.6. The first-order valence-electron chi connectivity index (χ1n) is 13.2. The topological polar surface area (TPSA) is 24.9 Å². The summed E-state index contributed by atoms with van der Waals surface area (Å²) in [6.07, 6.45) is -3.46. The molecule has 0 aliphatic rings. The number of nitrogens with one attached hydrogen (secondary N) is 1. The maximum atomic E-state index is 13.9. The van der Waals surface area contributed by atoms with Crippen molar-refractivity contribution in [2.24, 2.45) is 0 Å². The van der Waals surface area contributed by atoms with Gasteiger partial charge in [0.25, 0.3) is 0 Å². The lowest BCUT2D eigenvalue weighted by Crippen LogP contribution is -2.24. The van der Waals surface area contributed by atoms with Crippen LogP contribution in [-0.2, 0) is 18.9 Å². The van der Waals surface area contributed by atoms with Gasteiger partial charge >= 0.3 is 6.18 Å². The van der Waals surface area contributed by atoms with Crippen molar-refractivity contribution in [1.29, 1.82) is 0 Å². The van der Waals surface area contributed by atoms with E-state index in [1.807, 2.05) is 72.8 Å². The fourth-order valence-corrected chi connectivity index (χ4v) is 9.60. The molecule has 0 amide bonds. The summed E-state index contributed by atoms with van der Waals surface area (Å²) in [5.74, 6) is 0. The van der Waals surface area contributed by atoms with Gasteiger partial charge in [-0.15, -0.1) is 0 Å². The lowest BCUT2D eigenvalue weighted by molar-refractivity contribution is -0.137. The number of rotatable bonds is 10. The molecule has 0 spiro atoms. The van der Waals surface area contributed by atoms with Crippen LogP contribution in [0.4, 0.5) is 18.9 Å². The third-order valence-electron chi connectivity index (χ3n) is 6.59. The van der Waals surface area contributed by atoms with Crippen molar-refractivity contribution in [3.8, 4) is 0 Å². The number of halogens is 3. The van der Waals surface area contributed by atoms with Crippen molar-refractivity contribution in [2.75, 3.05) is 5.32 Å². The lowest BCUT2D eigenvalue weighted by Gasteiger charge is -2.25.